The summed E-state index contributed by atoms with van der Waals surface area (Å²) in [7, 11) is 0. The first kappa shape index (κ1) is 17.4. The van der Waals surface area contributed by atoms with Crippen LogP contribution in [0.3, 0.4) is 0 Å². The highest BCUT2D eigenvalue weighted by Gasteiger charge is 2.37. The van der Waals surface area contributed by atoms with E-state index in [0.29, 0.717) is 0 Å². The maximum atomic E-state index is 12.5. The van der Waals surface area contributed by atoms with Gasteiger partial charge in [0.25, 0.3) is 0 Å². The lowest BCUT2D eigenvalue weighted by molar-refractivity contribution is -0.153. The molecule has 0 aliphatic rings. The molecule has 0 bridgehead atoms. The van der Waals surface area contributed by atoms with Crippen molar-refractivity contribution in [2.24, 2.45) is 5.73 Å². The first-order valence-corrected chi connectivity index (χ1v) is 5.67. The molecule has 0 saturated heterocycles. The quantitative estimate of drug-likeness (QED) is 0.836. The van der Waals surface area contributed by atoms with Crippen LogP contribution < -0.4 is 11.1 Å². The van der Waals surface area contributed by atoms with Gasteiger partial charge in [-0.1, -0.05) is 13.8 Å². The molecule has 0 spiro atoms. The highest BCUT2D eigenvalue weighted by Crippen LogP contribution is 2.21. The van der Waals surface area contributed by atoms with Crippen molar-refractivity contribution in [3.05, 3.63) is 30.1 Å². The molecule has 0 aliphatic heterocycles. The first-order valence-electron chi connectivity index (χ1n) is 5.67. The maximum Gasteiger partial charge on any atom is 0.404 e. The number of alkyl halides is 3. The number of halogens is 4. The molecular weight excluding hydrogens is 264 g/mol. The minimum Gasteiger partial charge on any atom is -0.326 e. The van der Waals surface area contributed by atoms with Gasteiger partial charge in [-0.05, 0) is 24.3 Å². The Morgan fingerprint density at radius 3 is 2.16 bits per heavy atom. The predicted octanol–water partition coefficient (Wildman–Crippen LogP) is 3.07. The summed E-state index contributed by atoms with van der Waals surface area (Å²) in [5.41, 5.74) is 5.00. The highest BCUT2D eigenvalue weighted by atomic mass is 19.4. The number of carbonyl (C=O) groups is 1. The summed E-state index contributed by atoms with van der Waals surface area (Å²) in [6, 6.07) is 2.44. The largest absolute Gasteiger partial charge is 0.404 e. The summed E-state index contributed by atoms with van der Waals surface area (Å²) in [6.07, 6.45) is -5.49. The number of amides is 1. The SMILES string of the molecule is CC.NC(CC(=O)Nc1ccc(F)cc1)C(F)(F)F. The molecule has 1 unspecified atom stereocenters. The van der Waals surface area contributed by atoms with E-state index >= 15 is 0 Å². The van der Waals surface area contributed by atoms with Crippen LogP contribution in [0.5, 0.6) is 0 Å². The molecule has 0 saturated carbocycles. The van der Waals surface area contributed by atoms with Gasteiger partial charge in [0.15, 0.2) is 0 Å². The number of nitrogens with one attached hydrogen (secondary N) is 1. The van der Waals surface area contributed by atoms with Crippen LogP contribution in [-0.2, 0) is 4.79 Å². The summed E-state index contributed by atoms with van der Waals surface area (Å²) in [5, 5.41) is 2.19. The van der Waals surface area contributed by atoms with Gasteiger partial charge in [-0.2, -0.15) is 13.2 Å². The molecule has 0 heterocycles. The van der Waals surface area contributed by atoms with Crippen molar-refractivity contribution in [3.8, 4) is 0 Å². The average Bonchev–Trinajstić information content (AvgIpc) is 2.33. The monoisotopic (exact) mass is 280 g/mol. The summed E-state index contributed by atoms with van der Waals surface area (Å²) in [6.45, 7) is 4.00. The fraction of sp³-hybridized carbons (Fsp3) is 0.417. The molecule has 3 nitrogen and oxygen atoms in total. The van der Waals surface area contributed by atoms with E-state index in [1.54, 1.807) is 0 Å². The molecular formula is C12H16F4N2O. The number of anilines is 1. The fourth-order valence-corrected chi connectivity index (χ4v) is 1.06. The maximum absolute atomic E-state index is 12.5. The van der Waals surface area contributed by atoms with Crippen LogP contribution in [0.25, 0.3) is 0 Å². The van der Waals surface area contributed by atoms with Gasteiger partial charge < -0.3 is 11.1 Å². The number of rotatable bonds is 3. The lowest BCUT2D eigenvalue weighted by Crippen LogP contribution is -2.40. The molecule has 1 amide bonds. The first-order chi connectivity index (χ1) is 8.79. The van der Waals surface area contributed by atoms with Gasteiger partial charge >= 0.3 is 6.18 Å². The van der Waals surface area contributed by atoms with Crippen molar-refractivity contribution in [1.29, 1.82) is 0 Å². The van der Waals surface area contributed by atoms with Crippen LogP contribution in [-0.4, -0.2) is 18.1 Å². The second-order valence-electron chi connectivity index (χ2n) is 3.41. The minimum atomic E-state index is -4.61. The number of hydrogen-bond donors (Lipinski definition) is 2. The van der Waals surface area contributed by atoms with Gasteiger partial charge in [-0.25, -0.2) is 4.39 Å². The van der Waals surface area contributed by atoms with E-state index in [1.807, 2.05) is 13.8 Å². The molecule has 0 aliphatic carbocycles. The smallest absolute Gasteiger partial charge is 0.326 e. The van der Waals surface area contributed by atoms with Gasteiger partial charge in [0, 0.05) is 5.69 Å². The standard InChI is InChI=1S/C10H10F4N2O.C2H6/c11-6-1-3-7(4-2-6)16-9(17)5-8(15)10(12,13)14;1-2/h1-4,8H,5,15H2,(H,16,17);1-2H3. The van der Waals surface area contributed by atoms with E-state index in [2.05, 4.69) is 5.32 Å². The summed E-state index contributed by atoms with van der Waals surface area (Å²) in [4.78, 5) is 11.2. The van der Waals surface area contributed by atoms with Crippen molar-refractivity contribution >= 4 is 11.6 Å². The van der Waals surface area contributed by atoms with Crippen molar-refractivity contribution in [3.63, 3.8) is 0 Å². The second-order valence-corrected chi connectivity index (χ2v) is 3.41. The van der Waals surface area contributed by atoms with E-state index in [4.69, 9.17) is 5.73 Å². The Labute approximate surface area is 108 Å². The van der Waals surface area contributed by atoms with Gasteiger partial charge in [0.1, 0.15) is 11.9 Å². The molecule has 7 heteroatoms. The number of carbonyl (C=O) groups excluding carboxylic acids is 1. The van der Waals surface area contributed by atoms with Crippen molar-refractivity contribution in [1.82, 2.24) is 0 Å². The Morgan fingerprint density at radius 1 is 1.26 bits per heavy atom. The van der Waals surface area contributed by atoms with Crippen molar-refractivity contribution in [2.45, 2.75) is 32.5 Å². The Hall–Kier alpha value is -1.63. The van der Waals surface area contributed by atoms with E-state index in [9.17, 15) is 22.4 Å². The van der Waals surface area contributed by atoms with Crippen molar-refractivity contribution < 1.29 is 22.4 Å². The Kier molecular flexibility index (Phi) is 7.06. The van der Waals surface area contributed by atoms with E-state index < -0.39 is 30.4 Å². The lowest BCUT2D eigenvalue weighted by atomic mass is 10.2. The number of hydrogen-bond acceptors (Lipinski definition) is 2. The normalized spacial score (nSPS) is 12.2. The molecule has 0 aromatic heterocycles. The average molecular weight is 280 g/mol. The van der Waals surface area contributed by atoms with Crippen LogP contribution >= 0.6 is 0 Å². The minimum absolute atomic E-state index is 0.214. The van der Waals surface area contributed by atoms with Gasteiger partial charge in [0.05, 0.1) is 6.42 Å². The third-order valence-corrected chi connectivity index (χ3v) is 1.95. The van der Waals surface area contributed by atoms with Crippen molar-refractivity contribution in [2.75, 3.05) is 5.32 Å². The van der Waals surface area contributed by atoms with Crippen LogP contribution in [0, 0.1) is 5.82 Å². The third kappa shape index (κ3) is 6.76. The Morgan fingerprint density at radius 2 is 1.74 bits per heavy atom. The highest BCUT2D eigenvalue weighted by molar-refractivity contribution is 5.91. The topological polar surface area (TPSA) is 55.1 Å². The summed E-state index contributed by atoms with van der Waals surface area (Å²) >= 11 is 0. The fourth-order valence-electron chi connectivity index (χ4n) is 1.06. The molecule has 0 fully saturated rings. The Balaban J connectivity index is 0.00000154. The lowest BCUT2D eigenvalue weighted by Gasteiger charge is -2.14. The van der Waals surface area contributed by atoms with Crippen LogP contribution in [0.1, 0.15) is 20.3 Å². The third-order valence-electron chi connectivity index (χ3n) is 1.95. The number of benzene rings is 1. The zero-order valence-corrected chi connectivity index (χ0v) is 10.6. The van der Waals surface area contributed by atoms with E-state index in [-0.39, 0.29) is 5.69 Å². The Bertz CT molecular complexity index is 390. The van der Waals surface area contributed by atoms with Gasteiger partial charge in [-0.3, -0.25) is 4.79 Å². The predicted molar refractivity (Wildman–Crippen MR) is 65.0 cm³/mol. The molecule has 1 aromatic rings. The number of nitrogens with two attached hydrogens (primary N) is 1. The van der Waals surface area contributed by atoms with Crippen LogP contribution in [0.4, 0.5) is 23.2 Å². The van der Waals surface area contributed by atoms with Crippen LogP contribution in [0.2, 0.25) is 0 Å². The van der Waals surface area contributed by atoms with Gasteiger partial charge in [-0.15, -0.1) is 0 Å². The van der Waals surface area contributed by atoms with E-state index in [1.165, 1.54) is 12.1 Å². The zero-order chi connectivity index (χ0) is 15.1. The molecule has 1 atom stereocenters. The molecule has 108 valence electrons. The molecule has 1 rings (SSSR count). The molecule has 19 heavy (non-hydrogen) atoms. The van der Waals surface area contributed by atoms with Crippen LogP contribution in [0.15, 0.2) is 24.3 Å². The second kappa shape index (κ2) is 7.73. The summed E-state index contributed by atoms with van der Waals surface area (Å²) in [5.74, 6) is -1.38. The van der Waals surface area contributed by atoms with E-state index in [0.717, 1.165) is 12.1 Å². The van der Waals surface area contributed by atoms with Gasteiger partial charge in [0.2, 0.25) is 5.91 Å². The molecule has 0 radical (unpaired) electrons. The molecule has 1 aromatic carbocycles. The molecule has 3 N–H and O–H groups in total. The summed E-state index contributed by atoms with van der Waals surface area (Å²) < 4.78 is 48.6. The zero-order valence-electron chi connectivity index (χ0n) is 10.6.